The maximum absolute atomic E-state index is 12.1. The number of hydrogen-bond donors (Lipinski definition) is 1. The quantitative estimate of drug-likeness (QED) is 0.459. The van der Waals surface area contributed by atoms with Crippen molar-refractivity contribution in [1.29, 1.82) is 0 Å². The molecule has 1 fully saturated rings. The van der Waals surface area contributed by atoms with E-state index >= 15 is 0 Å². The number of amides is 1. The van der Waals surface area contributed by atoms with Crippen molar-refractivity contribution in [3.8, 4) is 0 Å². The summed E-state index contributed by atoms with van der Waals surface area (Å²) in [5, 5.41) is 0. The van der Waals surface area contributed by atoms with Gasteiger partial charge >= 0.3 is 5.97 Å². The number of esters is 1. The van der Waals surface area contributed by atoms with Crippen LogP contribution in [0.25, 0.3) is 0 Å². The smallest absolute Gasteiger partial charge is 0.340 e. The number of carbonyl (C=O) groups is 2. The van der Waals surface area contributed by atoms with Gasteiger partial charge < -0.3 is 20.1 Å². The molecule has 120 valence electrons. The molecule has 1 heterocycles. The summed E-state index contributed by atoms with van der Waals surface area (Å²) in [6.07, 6.45) is -0.0375. The molecule has 0 aliphatic carbocycles. The maximum atomic E-state index is 12.1. The molecule has 2 rings (SSSR count). The average Bonchev–Trinajstić information content (AvgIpc) is 2.45. The Morgan fingerprint density at radius 2 is 2.00 bits per heavy atom. The zero-order valence-electron chi connectivity index (χ0n) is 12.5. The van der Waals surface area contributed by atoms with Crippen molar-refractivity contribution in [1.82, 2.24) is 4.90 Å². The van der Waals surface area contributed by atoms with Crippen molar-refractivity contribution in [3.63, 3.8) is 0 Å². The maximum Gasteiger partial charge on any atom is 0.340 e. The molecule has 6 nitrogen and oxygen atoms in total. The highest BCUT2D eigenvalue weighted by Gasteiger charge is 2.26. The van der Waals surface area contributed by atoms with E-state index in [4.69, 9.17) is 15.2 Å². The second-order valence-electron chi connectivity index (χ2n) is 5.36. The van der Waals surface area contributed by atoms with Gasteiger partial charge in [-0.1, -0.05) is 0 Å². The van der Waals surface area contributed by atoms with Crippen LogP contribution >= 0.6 is 22.6 Å². The number of nitrogen functional groups attached to an aromatic ring is 1. The first-order valence-corrected chi connectivity index (χ1v) is 8.10. The fourth-order valence-electron chi connectivity index (χ4n) is 2.38. The van der Waals surface area contributed by atoms with Gasteiger partial charge in [-0.05, 0) is 54.6 Å². The van der Waals surface area contributed by atoms with E-state index in [1.54, 1.807) is 23.1 Å². The highest BCUT2D eigenvalue weighted by molar-refractivity contribution is 14.1. The first kappa shape index (κ1) is 17.0. The number of carbonyl (C=O) groups excluding carboxylic acids is 2. The van der Waals surface area contributed by atoms with Crippen LogP contribution in [-0.4, -0.2) is 48.7 Å². The molecular formula is C15H19IN2O4. The van der Waals surface area contributed by atoms with E-state index in [-0.39, 0.29) is 30.3 Å². The summed E-state index contributed by atoms with van der Waals surface area (Å²) < 4.78 is 11.5. The SMILES string of the molecule is C[C@H]1CN(C(=O)COC(=O)c2cc(I)ccc2N)C[C@H](C)O1. The number of nitrogens with two attached hydrogens (primary N) is 1. The molecule has 1 aliphatic rings. The molecule has 0 radical (unpaired) electrons. The number of benzene rings is 1. The summed E-state index contributed by atoms with van der Waals surface area (Å²) in [6, 6.07) is 5.08. The average molecular weight is 418 g/mol. The van der Waals surface area contributed by atoms with Crippen molar-refractivity contribution < 1.29 is 19.1 Å². The second kappa shape index (κ2) is 7.28. The van der Waals surface area contributed by atoms with E-state index in [0.29, 0.717) is 18.8 Å². The highest BCUT2D eigenvalue weighted by atomic mass is 127. The molecule has 0 aromatic heterocycles. The fraction of sp³-hybridized carbons (Fsp3) is 0.467. The summed E-state index contributed by atoms with van der Waals surface area (Å²) in [4.78, 5) is 25.8. The van der Waals surface area contributed by atoms with E-state index in [9.17, 15) is 9.59 Å². The van der Waals surface area contributed by atoms with Crippen molar-refractivity contribution in [2.45, 2.75) is 26.1 Å². The lowest BCUT2D eigenvalue weighted by molar-refractivity contribution is -0.146. The van der Waals surface area contributed by atoms with Gasteiger partial charge in [0.2, 0.25) is 0 Å². The minimum atomic E-state index is -0.585. The Balaban J connectivity index is 1.93. The Hall–Kier alpha value is -1.35. The zero-order valence-corrected chi connectivity index (χ0v) is 14.7. The van der Waals surface area contributed by atoms with Crippen LogP contribution in [0.5, 0.6) is 0 Å². The second-order valence-corrected chi connectivity index (χ2v) is 6.61. The van der Waals surface area contributed by atoms with Gasteiger partial charge in [-0.25, -0.2) is 4.79 Å². The standard InChI is InChI=1S/C15H19IN2O4/c1-9-6-18(7-10(2)22-9)14(19)8-21-15(20)12-5-11(16)3-4-13(12)17/h3-5,9-10H,6-8,17H2,1-2H3/t9-,10-/m0/s1. The van der Waals surface area contributed by atoms with Crippen LogP contribution in [0.3, 0.4) is 0 Å². The van der Waals surface area contributed by atoms with Crippen LogP contribution in [0.4, 0.5) is 5.69 Å². The molecule has 1 aromatic rings. The molecule has 2 atom stereocenters. The molecule has 2 N–H and O–H groups in total. The molecular weight excluding hydrogens is 399 g/mol. The summed E-state index contributed by atoms with van der Waals surface area (Å²) in [7, 11) is 0. The number of morpholine rings is 1. The van der Waals surface area contributed by atoms with Gasteiger partial charge in [-0.2, -0.15) is 0 Å². The zero-order chi connectivity index (χ0) is 16.3. The fourth-order valence-corrected chi connectivity index (χ4v) is 2.87. The number of rotatable bonds is 3. The number of ether oxygens (including phenoxy) is 2. The van der Waals surface area contributed by atoms with Crippen LogP contribution in [-0.2, 0) is 14.3 Å². The number of halogens is 1. The Labute approximate surface area is 143 Å². The molecule has 1 aromatic carbocycles. The first-order chi connectivity index (χ1) is 10.4. The van der Waals surface area contributed by atoms with Crippen LogP contribution < -0.4 is 5.73 Å². The molecule has 0 bridgehead atoms. The van der Waals surface area contributed by atoms with Crippen molar-refractivity contribution >= 4 is 40.2 Å². The number of nitrogens with zero attached hydrogens (tertiary/aromatic N) is 1. The van der Waals surface area contributed by atoms with E-state index in [2.05, 4.69) is 22.6 Å². The molecule has 0 saturated carbocycles. The summed E-state index contributed by atoms with van der Waals surface area (Å²) in [5.74, 6) is -0.807. The molecule has 1 aliphatic heterocycles. The van der Waals surface area contributed by atoms with Crippen LogP contribution in [0.1, 0.15) is 24.2 Å². The van der Waals surface area contributed by atoms with Crippen molar-refractivity contribution in [3.05, 3.63) is 27.3 Å². The molecule has 1 saturated heterocycles. The van der Waals surface area contributed by atoms with Gasteiger partial charge in [0.15, 0.2) is 6.61 Å². The third-order valence-electron chi connectivity index (χ3n) is 3.33. The summed E-state index contributed by atoms with van der Waals surface area (Å²) in [6.45, 7) is 4.55. The van der Waals surface area contributed by atoms with Crippen LogP contribution in [0.15, 0.2) is 18.2 Å². The highest BCUT2D eigenvalue weighted by Crippen LogP contribution is 2.17. The minimum absolute atomic E-state index is 0.0188. The predicted octanol–water partition coefficient (Wildman–Crippen LogP) is 1.67. The van der Waals surface area contributed by atoms with E-state index < -0.39 is 5.97 Å². The van der Waals surface area contributed by atoms with Gasteiger partial charge in [0, 0.05) is 22.3 Å². The Bertz CT molecular complexity index is 569. The third kappa shape index (κ3) is 4.33. The normalized spacial score (nSPS) is 21.5. The number of anilines is 1. The minimum Gasteiger partial charge on any atom is -0.452 e. The van der Waals surface area contributed by atoms with Gasteiger partial charge in [0.1, 0.15) is 0 Å². The van der Waals surface area contributed by atoms with E-state index in [0.717, 1.165) is 3.57 Å². The topological polar surface area (TPSA) is 81.9 Å². The largest absolute Gasteiger partial charge is 0.452 e. The van der Waals surface area contributed by atoms with E-state index in [1.807, 2.05) is 13.8 Å². The lowest BCUT2D eigenvalue weighted by Crippen LogP contribution is -2.49. The molecule has 7 heteroatoms. The van der Waals surface area contributed by atoms with Crippen molar-refractivity contribution in [2.24, 2.45) is 0 Å². The number of hydrogen-bond acceptors (Lipinski definition) is 5. The summed E-state index contributed by atoms with van der Waals surface area (Å²) >= 11 is 2.08. The van der Waals surface area contributed by atoms with Gasteiger partial charge in [0.25, 0.3) is 5.91 Å². The third-order valence-corrected chi connectivity index (χ3v) is 4.01. The van der Waals surface area contributed by atoms with Crippen molar-refractivity contribution in [2.75, 3.05) is 25.4 Å². The molecule has 0 spiro atoms. The lowest BCUT2D eigenvalue weighted by atomic mass is 10.2. The monoisotopic (exact) mass is 418 g/mol. The van der Waals surface area contributed by atoms with Gasteiger partial charge in [-0.15, -0.1) is 0 Å². The van der Waals surface area contributed by atoms with Gasteiger partial charge in [0.05, 0.1) is 17.8 Å². The van der Waals surface area contributed by atoms with E-state index in [1.165, 1.54) is 0 Å². The Morgan fingerprint density at radius 3 is 2.64 bits per heavy atom. The molecule has 0 unspecified atom stereocenters. The lowest BCUT2D eigenvalue weighted by Gasteiger charge is -2.35. The van der Waals surface area contributed by atoms with Crippen LogP contribution in [0.2, 0.25) is 0 Å². The first-order valence-electron chi connectivity index (χ1n) is 7.02. The molecule has 22 heavy (non-hydrogen) atoms. The summed E-state index contributed by atoms with van der Waals surface area (Å²) in [5.41, 5.74) is 6.38. The Morgan fingerprint density at radius 1 is 1.36 bits per heavy atom. The van der Waals surface area contributed by atoms with Gasteiger partial charge in [-0.3, -0.25) is 4.79 Å². The predicted molar refractivity (Wildman–Crippen MR) is 90.4 cm³/mol. The molecule has 1 amide bonds. The Kier molecular flexibility index (Phi) is 5.63. The van der Waals surface area contributed by atoms with Crippen LogP contribution in [0, 0.1) is 3.57 Å².